The van der Waals surface area contributed by atoms with E-state index in [0.717, 1.165) is 30.1 Å². The molecule has 0 amide bonds. The van der Waals surface area contributed by atoms with Gasteiger partial charge in [0.1, 0.15) is 5.82 Å². The number of nitrogens with zero attached hydrogens (tertiary/aromatic N) is 2. The molecule has 0 unspecified atom stereocenters. The first kappa shape index (κ1) is 14.8. The number of rotatable bonds is 5. The maximum atomic E-state index is 12.4. The first-order chi connectivity index (χ1) is 9.49. The molecule has 2 aromatic rings. The number of anilines is 1. The van der Waals surface area contributed by atoms with E-state index in [1.54, 1.807) is 11.3 Å². The van der Waals surface area contributed by atoms with Crippen molar-refractivity contribution in [2.75, 3.05) is 11.9 Å². The average molecular weight is 301 g/mol. The number of pyridine rings is 1. The quantitative estimate of drug-likeness (QED) is 0.913. The second-order valence-electron chi connectivity index (χ2n) is 4.18. The normalized spacial score (nSPS) is 11.6. The van der Waals surface area contributed by atoms with Gasteiger partial charge in [0.15, 0.2) is 0 Å². The van der Waals surface area contributed by atoms with Crippen LogP contribution in [0.3, 0.4) is 0 Å². The van der Waals surface area contributed by atoms with E-state index in [1.807, 2.05) is 6.20 Å². The Kier molecular flexibility index (Phi) is 4.59. The number of hydrogen-bond acceptors (Lipinski definition) is 4. The predicted molar refractivity (Wildman–Crippen MR) is 72.9 cm³/mol. The Balaban J connectivity index is 1.85. The van der Waals surface area contributed by atoms with Gasteiger partial charge in [0, 0.05) is 30.2 Å². The monoisotopic (exact) mass is 301 g/mol. The van der Waals surface area contributed by atoms with E-state index in [-0.39, 0.29) is 0 Å². The van der Waals surface area contributed by atoms with Crippen LogP contribution >= 0.6 is 11.3 Å². The van der Waals surface area contributed by atoms with Gasteiger partial charge in [0.25, 0.3) is 0 Å². The van der Waals surface area contributed by atoms with E-state index >= 15 is 0 Å². The van der Waals surface area contributed by atoms with Crippen molar-refractivity contribution in [2.24, 2.45) is 0 Å². The summed E-state index contributed by atoms with van der Waals surface area (Å²) in [6, 6.07) is 2.36. The van der Waals surface area contributed by atoms with Crippen LogP contribution in [0.2, 0.25) is 0 Å². The van der Waals surface area contributed by atoms with Crippen molar-refractivity contribution >= 4 is 17.2 Å². The minimum atomic E-state index is -4.34. The van der Waals surface area contributed by atoms with Gasteiger partial charge in [-0.1, -0.05) is 6.92 Å². The summed E-state index contributed by atoms with van der Waals surface area (Å²) >= 11 is 1.65. The highest BCUT2D eigenvalue weighted by molar-refractivity contribution is 7.11. The van der Waals surface area contributed by atoms with Crippen LogP contribution in [0.5, 0.6) is 0 Å². The zero-order chi connectivity index (χ0) is 14.6. The third kappa shape index (κ3) is 3.93. The van der Waals surface area contributed by atoms with Crippen molar-refractivity contribution in [3.8, 4) is 0 Å². The van der Waals surface area contributed by atoms with Crippen molar-refractivity contribution in [2.45, 2.75) is 25.9 Å². The smallest absolute Gasteiger partial charge is 0.370 e. The molecule has 108 valence electrons. The SMILES string of the molecule is CCc1cnc(CCNc2ccc(C(F)(F)F)cn2)s1. The van der Waals surface area contributed by atoms with Crippen LogP contribution in [0.1, 0.15) is 22.4 Å². The molecule has 0 atom stereocenters. The van der Waals surface area contributed by atoms with Gasteiger partial charge in [0.2, 0.25) is 0 Å². The van der Waals surface area contributed by atoms with Gasteiger partial charge in [-0.25, -0.2) is 9.97 Å². The van der Waals surface area contributed by atoms with E-state index in [0.29, 0.717) is 12.4 Å². The molecule has 1 N–H and O–H groups in total. The lowest BCUT2D eigenvalue weighted by atomic mass is 10.3. The summed E-state index contributed by atoms with van der Waals surface area (Å²) in [5.74, 6) is 0.435. The van der Waals surface area contributed by atoms with E-state index in [9.17, 15) is 13.2 Å². The molecule has 20 heavy (non-hydrogen) atoms. The molecule has 0 aliphatic carbocycles. The maximum absolute atomic E-state index is 12.4. The molecule has 2 heterocycles. The van der Waals surface area contributed by atoms with Crippen LogP contribution < -0.4 is 5.32 Å². The number of halogens is 3. The summed E-state index contributed by atoms with van der Waals surface area (Å²) in [6.07, 6.45) is 0.0409. The van der Waals surface area contributed by atoms with E-state index in [4.69, 9.17) is 0 Å². The second kappa shape index (κ2) is 6.21. The average Bonchev–Trinajstić information content (AvgIpc) is 2.86. The Hall–Kier alpha value is -1.63. The number of thiazole rings is 1. The molecule has 0 aliphatic rings. The summed E-state index contributed by atoms with van der Waals surface area (Å²) in [5, 5.41) is 4.00. The van der Waals surface area contributed by atoms with Gasteiger partial charge in [0.05, 0.1) is 10.6 Å². The lowest BCUT2D eigenvalue weighted by Gasteiger charge is -2.08. The molecule has 0 saturated carbocycles. The number of aromatic nitrogens is 2. The molecular formula is C13H14F3N3S. The van der Waals surface area contributed by atoms with Gasteiger partial charge in [-0.2, -0.15) is 13.2 Å². The molecule has 0 radical (unpaired) electrons. The number of alkyl halides is 3. The highest BCUT2D eigenvalue weighted by Crippen LogP contribution is 2.28. The van der Waals surface area contributed by atoms with Gasteiger partial charge in [-0.3, -0.25) is 0 Å². The molecule has 0 aliphatic heterocycles. The third-order valence-electron chi connectivity index (χ3n) is 2.69. The molecule has 0 spiro atoms. The fourth-order valence-corrected chi connectivity index (χ4v) is 2.45. The molecule has 3 nitrogen and oxygen atoms in total. The molecular weight excluding hydrogens is 287 g/mol. The van der Waals surface area contributed by atoms with Crippen LogP contribution in [-0.4, -0.2) is 16.5 Å². The Morgan fingerprint density at radius 2 is 2.00 bits per heavy atom. The molecule has 0 aromatic carbocycles. The first-order valence-corrected chi connectivity index (χ1v) is 7.01. The standard InChI is InChI=1S/C13H14F3N3S/c1-2-10-8-19-12(20-10)5-6-17-11-4-3-9(7-18-11)13(14,15)16/h3-4,7-8H,2,5-6H2,1H3,(H,17,18). The Morgan fingerprint density at radius 1 is 1.20 bits per heavy atom. The molecule has 0 bridgehead atoms. The second-order valence-corrected chi connectivity index (χ2v) is 5.38. The van der Waals surface area contributed by atoms with Crippen molar-refractivity contribution in [1.82, 2.24) is 9.97 Å². The number of hydrogen-bond donors (Lipinski definition) is 1. The maximum Gasteiger partial charge on any atom is 0.417 e. The van der Waals surface area contributed by atoms with E-state index in [2.05, 4.69) is 22.2 Å². The summed E-state index contributed by atoms with van der Waals surface area (Å²) in [6.45, 7) is 2.66. The van der Waals surface area contributed by atoms with Gasteiger partial charge < -0.3 is 5.32 Å². The topological polar surface area (TPSA) is 37.8 Å². The minimum absolute atomic E-state index is 0.435. The summed E-state index contributed by atoms with van der Waals surface area (Å²) in [5.41, 5.74) is -0.740. The third-order valence-corrected chi connectivity index (χ3v) is 3.89. The number of aryl methyl sites for hydroxylation is 1. The van der Waals surface area contributed by atoms with Gasteiger partial charge in [-0.05, 0) is 18.6 Å². The molecule has 0 fully saturated rings. The van der Waals surface area contributed by atoms with Crippen LogP contribution in [0.25, 0.3) is 0 Å². The van der Waals surface area contributed by atoms with Crippen molar-refractivity contribution < 1.29 is 13.2 Å². The summed E-state index contributed by atoms with van der Waals surface area (Å²) < 4.78 is 37.1. The Labute approximate surface area is 118 Å². The summed E-state index contributed by atoms with van der Waals surface area (Å²) in [7, 11) is 0. The van der Waals surface area contributed by atoms with Crippen LogP contribution in [-0.2, 0) is 19.0 Å². The van der Waals surface area contributed by atoms with E-state index < -0.39 is 11.7 Å². The Morgan fingerprint density at radius 3 is 2.55 bits per heavy atom. The highest BCUT2D eigenvalue weighted by Gasteiger charge is 2.30. The largest absolute Gasteiger partial charge is 0.417 e. The van der Waals surface area contributed by atoms with Crippen molar-refractivity contribution in [1.29, 1.82) is 0 Å². The zero-order valence-corrected chi connectivity index (χ0v) is 11.7. The fourth-order valence-electron chi connectivity index (χ4n) is 1.59. The lowest BCUT2D eigenvalue weighted by molar-refractivity contribution is -0.137. The van der Waals surface area contributed by atoms with E-state index in [1.165, 1.54) is 10.9 Å². The lowest BCUT2D eigenvalue weighted by Crippen LogP contribution is -2.08. The van der Waals surface area contributed by atoms with Crippen LogP contribution in [0.4, 0.5) is 19.0 Å². The molecule has 7 heteroatoms. The van der Waals surface area contributed by atoms with Gasteiger partial charge in [-0.15, -0.1) is 11.3 Å². The number of nitrogens with one attached hydrogen (secondary N) is 1. The van der Waals surface area contributed by atoms with Crippen molar-refractivity contribution in [3.63, 3.8) is 0 Å². The van der Waals surface area contributed by atoms with Crippen LogP contribution in [0.15, 0.2) is 24.5 Å². The van der Waals surface area contributed by atoms with Gasteiger partial charge >= 0.3 is 6.18 Å². The molecule has 2 rings (SSSR count). The molecule has 0 saturated heterocycles. The summed E-state index contributed by atoms with van der Waals surface area (Å²) in [4.78, 5) is 9.25. The minimum Gasteiger partial charge on any atom is -0.370 e. The zero-order valence-electron chi connectivity index (χ0n) is 10.9. The predicted octanol–water partition coefficient (Wildman–Crippen LogP) is 3.77. The van der Waals surface area contributed by atoms with Crippen LogP contribution in [0, 0.1) is 0 Å². The Bertz CT molecular complexity index is 549. The first-order valence-electron chi connectivity index (χ1n) is 6.19. The van der Waals surface area contributed by atoms with Crippen molar-refractivity contribution in [3.05, 3.63) is 40.0 Å². The highest BCUT2D eigenvalue weighted by atomic mass is 32.1. The molecule has 2 aromatic heterocycles. The fraction of sp³-hybridized carbons (Fsp3) is 0.385.